The number of para-hydroxylation sites is 1. The van der Waals surface area contributed by atoms with Crippen molar-refractivity contribution in [3.05, 3.63) is 154 Å². The van der Waals surface area contributed by atoms with E-state index in [1.54, 1.807) is 23.0 Å². The standard InChI is InChI=1S/C47H48N4O8Si/c1-31-45(60(3,4)40-21-19-39(58-2)20-22-40)43(26-44(54)48-28-34-11-9-8-10-33(34)24-38(48)29-52)59-47(31)41-25-37(51(56)57)18-23-42(41)49(46(47)55)27-32-14-16-36(17-15-32)50(30-53)35-12-6-5-7-13-35/h5-23,25,30-31,38,43,45,52H,24,26-29H2,1-4H3/t31-,38+,43+,45-,47+/m1/s1. The van der Waals surface area contributed by atoms with Crippen molar-refractivity contribution in [2.45, 2.75) is 69.2 Å². The Bertz CT molecular complexity index is 2430. The number of fused-ring (bicyclic) bond motifs is 3. The van der Waals surface area contributed by atoms with Gasteiger partial charge in [0.05, 0.1) is 57.5 Å². The second kappa shape index (κ2) is 16.1. The quantitative estimate of drug-likeness (QED) is 0.0614. The molecule has 308 valence electrons. The number of amides is 3. The third-order valence-electron chi connectivity index (χ3n) is 13.0. The molecule has 1 spiro atoms. The Morgan fingerprint density at radius 1 is 0.967 bits per heavy atom. The number of anilines is 3. The Labute approximate surface area is 350 Å². The number of rotatable bonds is 12. The van der Waals surface area contributed by atoms with Gasteiger partial charge in [-0.15, -0.1) is 0 Å². The summed E-state index contributed by atoms with van der Waals surface area (Å²) in [4.78, 5) is 58.9. The minimum absolute atomic E-state index is 0.0460. The highest BCUT2D eigenvalue weighted by Crippen LogP contribution is 2.60. The minimum atomic E-state index is -2.67. The van der Waals surface area contributed by atoms with Gasteiger partial charge in [-0.3, -0.25) is 29.4 Å². The van der Waals surface area contributed by atoms with Crippen molar-refractivity contribution in [1.82, 2.24) is 4.90 Å². The predicted octanol–water partition coefficient (Wildman–Crippen LogP) is 7.00. The van der Waals surface area contributed by atoms with E-state index in [9.17, 15) is 24.8 Å². The highest BCUT2D eigenvalue weighted by molar-refractivity contribution is 6.91. The SMILES string of the molecule is COc1ccc([Si](C)(C)[C@H]2[C@H](CC(=O)N3Cc4ccccc4C[C@H]3CO)O[C@@]3(C(=O)N(Cc4ccc(N(C=O)c5ccccc5)cc4)c4ccc([N+](=O)[O-])cc43)[C@@H]2C)cc1. The van der Waals surface area contributed by atoms with Crippen LogP contribution < -0.4 is 19.7 Å². The first-order valence-corrected chi connectivity index (χ1v) is 23.3. The van der Waals surface area contributed by atoms with Crippen molar-refractivity contribution in [2.24, 2.45) is 5.92 Å². The van der Waals surface area contributed by atoms with Gasteiger partial charge >= 0.3 is 0 Å². The third-order valence-corrected chi connectivity index (χ3v) is 17.3. The lowest BCUT2D eigenvalue weighted by molar-refractivity contribution is -0.385. The fourth-order valence-corrected chi connectivity index (χ4v) is 13.9. The normalized spacial score (nSPS) is 22.1. The van der Waals surface area contributed by atoms with E-state index in [0.717, 1.165) is 28.3 Å². The number of aliphatic hydroxyl groups is 1. The number of hydrogen-bond acceptors (Lipinski definition) is 8. The highest BCUT2D eigenvalue weighted by Gasteiger charge is 2.67. The van der Waals surface area contributed by atoms with Crippen LogP contribution in [0.15, 0.2) is 121 Å². The van der Waals surface area contributed by atoms with Crippen LogP contribution in [-0.4, -0.2) is 67.1 Å². The molecule has 1 saturated heterocycles. The summed E-state index contributed by atoms with van der Waals surface area (Å²) in [6.45, 7) is 6.69. The Hall–Kier alpha value is -6.15. The van der Waals surface area contributed by atoms with Crippen molar-refractivity contribution in [3.63, 3.8) is 0 Å². The van der Waals surface area contributed by atoms with Crippen molar-refractivity contribution < 1.29 is 33.9 Å². The Morgan fingerprint density at radius 3 is 2.28 bits per heavy atom. The number of aliphatic hydroxyl groups excluding tert-OH is 1. The van der Waals surface area contributed by atoms with Crippen molar-refractivity contribution in [1.29, 1.82) is 0 Å². The van der Waals surface area contributed by atoms with Gasteiger partial charge in [-0.05, 0) is 71.1 Å². The van der Waals surface area contributed by atoms with Crippen LogP contribution in [0.25, 0.3) is 0 Å². The van der Waals surface area contributed by atoms with Crippen molar-refractivity contribution in [2.75, 3.05) is 23.5 Å². The summed E-state index contributed by atoms with van der Waals surface area (Å²) in [5, 5.41) is 23.9. The molecule has 0 unspecified atom stereocenters. The first-order valence-electron chi connectivity index (χ1n) is 20.2. The number of nitro groups is 1. The fourth-order valence-electron chi connectivity index (χ4n) is 9.91. The lowest BCUT2D eigenvalue weighted by atomic mass is 9.82. The maximum Gasteiger partial charge on any atom is 0.269 e. The van der Waals surface area contributed by atoms with E-state index in [1.165, 1.54) is 17.0 Å². The molecule has 8 rings (SSSR count). The van der Waals surface area contributed by atoms with Crippen LogP contribution in [0.5, 0.6) is 5.75 Å². The summed E-state index contributed by atoms with van der Waals surface area (Å²) in [7, 11) is -1.06. The molecule has 0 radical (unpaired) electrons. The largest absolute Gasteiger partial charge is 0.497 e. The molecule has 5 aromatic rings. The Morgan fingerprint density at radius 2 is 1.63 bits per heavy atom. The number of carbonyl (C=O) groups is 3. The van der Waals surface area contributed by atoms with Gasteiger partial charge in [0, 0.05) is 41.5 Å². The monoisotopic (exact) mass is 824 g/mol. The summed E-state index contributed by atoms with van der Waals surface area (Å²) in [5.74, 6) is -0.350. The van der Waals surface area contributed by atoms with E-state index in [-0.39, 0.29) is 42.6 Å². The summed E-state index contributed by atoms with van der Waals surface area (Å²) in [6, 6.07) is 36.5. The molecule has 3 aliphatic rings. The summed E-state index contributed by atoms with van der Waals surface area (Å²) < 4.78 is 12.7. The lowest BCUT2D eigenvalue weighted by Crippen LogP contribution is -2.52. The smallest absolute Gasteiger partial charge is 0.269 e. The second-order valence-corrected chi connectivity index (χ2v) is 21.2. The molecule has 5 aromatic carbocycles. The molecule has 3 aliphatic heterocycles. The third kappa shape index (κ3) is 6.95. The number of methoxy groups -OCH3 is 1. The van der Waals surface area contributed by atoms with Crippen molar-refractivity contribution in [3.8, 4) is 5.75 Å². The molecule has 3 amide bonds. The molecule has 1 fully saturated rings. The van der Waals surface area contributed by atoms with Crippen molar-refractivity contribution >= 4 is 54.2 Å². The van der Waals surface area contributed by atoms with Gasteiger partial charge in [-0.25, -0.2) is 0 Å². The summed E-state index contributed by atoms with van der Waals surface area (Å²) in [6.07, 6.45) is 0.485. The van der Waals surface area contributed by atoms with Crippen LogP contribution in [0.3, 0.4) is 0 Å². The zero-order valence-corrected chi connectivity index (χ0v) is 35.1. The maximum absolute atomic E-state index is 15.4. The van der Waals surface area contributed by atoms with E-state index in [2.05, 4.69) is 13.1 Å². The van der Waals surface area contributed by atoms with E-state index in [0.29, 0.717) is 41.3 Å². The number of benzene rings is 5. The molecule has 12 nitrogen and oxygen atoms in total. The molecule has 60 heavy (non-hydrogen) atoms. The van der Waals surface area contributed by atoms with Gasteiger partial charge in [0.2, 0.25) is 12.3 Å². The molecule has 0 saturated carbocycles. The van der Waals surface area contributed by atoms with Crippen LogP contribution >= 0.6 is 0 Å². The van der Waals surface area contributed by atoms with E-state index in [1.807, 2.05) is 110 Å². The topological polar surface area (TPSA) is 143 Å². The van der Waals surface area contributed by atoms with Gasteiger partial charge in [0.15, 0.2) is 5.60 Å². The van der Waals surface area contributed by atoms with Gasteiger partial charge in [-0.2, -0.15) is 0 Å². The summed E-state index contributed by atoms with van der Waals surface area (Å²) >= 11 is 0. The highest BCUT2D eigenvalue weighted by atomic mass is 28.3. The first kappa shape index (κ1) is 40.6. The molecule has 5 atom stereocenters. The number of nitrogens with zero attached hydrogens (tertiary/aromatic N) is 4. The molecular weight excluding hydrogens is 777 g/mol. The Balaban J connectivity index is 1.18. The van der Waals surface area contributed by atoms with E-state index >= 15 is 4.79 Å². The second-order valence-electron chi connectivity index (χ2n) is 16.5. The molecule has 1 N–H and O–H groups in total. The molecule has 13 heteroatoms. The molecular formula is C47H48N4O8Si. The molecule has 0 aliphatic carbocycles. The molecule has 0 aromatic heterocycles. The average molecular weight is 825 g/mol. The van der Waals surface area contributed by atoms with Crippen LogP contribution in [0.4, 0.5) is 22.7 Å². The van der Waals surface area contributed by atoms with Crippen LogP contribution in [0.1, 0.15) is 35.6 Å². The van der Waals surface area contributed by atoms with Gasteiger partial charge < -0.3 is 24.4 Å². The van der Waals surface area contributed by atoms with Crippen LogP contribution in [0.2, 0.25) is 18.6 Å². The predicted molar refractivity (Wildman–Crippen MR) is 231 cm³/mol. The van der Waals surface area contributed by atoms with Gasteiger partial charge in [0.1, 0.15) is 5.75 Å². The molecule has 0 bridgehead atoms. The van der Waals surface area contributed by atoms with E-state index in [4.69, 9.17) is 9.47 Å². The zero-order valence-electron chi connectivity index (χ0n) is 34.1. The Kier molecular flexibility index (Phi) is 10.9. The van der Waals surface area contributed by atoms with Crippen LogP contribution in [0, 0.1) is 16.0 Å². The van der Waals surface area contributed by atoms with Gasteiger partial charge in [-0.1, -0.05) is 91.9 Å². The minimum Gasteiger partial charge on any atom is -0.497 e. The zero-order chi connectivity index (χ0) is 42.3. The maximum atomic E-state index is 15.4. The number of carbonyl (C=O) groups excluding carboxylic acids is 3. The van der Waals surface area contributed by atoms with E-state index < -0.39 is 36.7 Å². The number of ether oxygens (including phenoxy) is 2. The average Bonchev–Trinajstić information content (AvgIpc) is 3.69. The lowest BCUT2D eigenvalue weighted by Gasteiger charge is -2.39. The van der Waals surface area contributed by atoms with Gasteiger partial charge in [0.25, 0.3) is 11.6 Å². The number of non-ortho nitro benzene ring substituents is 1. The number of nitro benzene ring substituents is 1. The molecule has 3 heterocycles. The summed E-state index contributed by atoms with van der Waals surface area (Å²) in [5.41, 5.74) is 3.04. The van der Waals surface area contributed by atoms with Crippen LogP contribution in [-0.2, 0) is 44.2 Å². The fraction of sp³-hybridized carbons (Fsp3) is 0.298. The number of hydrogen-bond donors (Lipinski definition) is 1. The first-order chi connectivity index (χ1) is 28.9.